The first-order valence-corrected chi connectivity index (χ1v) is 6.76. The first kappa shape index (κ1) is 15.6. The van der Waals surface area contributed by atoms with Gasteiger partial charge in [0.1, 0.15) is 0 Å². The third-order valence-electron chi connectivity index (χ3n) is 2.97. The van der Waals surface area contributed by atoms with E-state index >= 15 is 0 Å². The van der Waals surface area contributed by atoms with Crippen LogP contribution in [0.3, 0.4) is 0 Å². The standard InChI is InChI=1S/C12H24N4O3/c1-2-19-12(18)16-7-4-10(5-8-16)15-11(13)14-6-3-9-17/h10,17H,2-9H2,1H3,(H3,13,14,15). The minimum Gasteiger partial charge on any atom is -0.450 e. The van der Waals surface area contributed by atoms with Crippen LogP contribution in [0.15, 0.2) is 4.99 Å². The summed E-state index contributed by atoms with van der Waals surface area (Å²) in [6.45, 7) is 4.18. The molecule has 0 atom stereocenters. The Balaban J connectivity index is 2.26. The van der Waals surface area contributed by atoms with Gasteiger partial charge in [0.15, 0.2) is 5.96 Å². The van der Waals surface area contributed by atoms with E-state index in [2.05, 4.69) is 10.3 Å². The molecule has 0 aliphatic carbocycles. The number of aliphatic hydroxyl groups excluding tert-OH is 1. The largest absolute Gasteiger partial charge is 0.450 e. The summed E-state index contributed by atoms with van der Waals surface area (Å²) in [5, 5.41) is 11.8. The number of hydrogen-bond donors (Lipinski definition) is 3. The van der Waals surface area contributed by atoms with Crippen LogP contribution in [0.5, 0.6) is 0 Å². The molecule has 1 amide bonds. The number of nitrogens with zero attached hydrogens (tertiary/aromatic N) is 2. The van der Waals surface area contributed by atoms with Crippen LogP contribution in [0.25, 0.3) is 0 Å². The van der Waals surface area contributed by atoms with Crippen molar-refractivity contribution < 1.29 is 14.6 Å². The van der Waals surface area contributed by atoms with Gasteiger partial charge in [-0.05, 0) is 26.2 Å². The lowest BCUT2D eigenvalue weighted by Crippen LogP contribution is -2.48. The fourth-order valence-electron chi connectivity index (χ4n) is 1.95. The van der Waals surface area contributed by atoms with Gasteiger partial charge in [-0.3, -0.25) is 4.99 Å². The van der Waals surface area contributed by atoms with Crippen LogP contribution < -0.4 is 11.1 Å². The van der Waals surface area contributed by atoms with E-state index in [0.717, 1.165) is 12.8 Å². The van der Waals surface area contributed by atoms with Gasteiger partial charge in [0.25, 0.3) is 0 Å². The molecule has 0 aromatic heterocycles. The van der Waals surface area contributed by atoms with Gasteiger partial charge in [-0.25, -0.2) is 4.79 Å². The molecule has 1 heterocycles. The quantitative estimate of drug-likeness (QED) is 0.368. The molecule has 1 fully saturated rings. The molecule has 0 aromatic rings. The van der Waals surface area contributed by atoms with Crippen molar-refractivity contribution in [3.8, 4) is 0 Å². The smallest absolute Gasteiger partial charge is 0.409 e. The van der Waals surface area contributed by atoms with E-state index in [0.29, 0.717) is 38.6 Å². The van der Waals surface area contributed by atoms with E-state index < -0.39 is 0 Å². The molecule has 0 radical (unpaired) electrons. The summed E-state index contributed by atoms with van der Waals surface area (Å²) in [5.74, 6) is 0.406. The lowest BCUT2D eigenvalue weighted by Gasteiger charge is -2.31. The van der Waals surface area contributed by atoms with Gasteiger partial charge in [-0.2, -0.15) is 0 Å². The zero-order valence-corrected chi connectivity index (χ0v) is 11.5. The second kappa shape index (κ2) is 8.58. The molecule has 1 aliphatic rings. The highest BCUT2D eigenvalue weighted by Gasteiger charge is 2.23. The monoisotopic (exact) mass is 272 g/mol. The van der Waals surface area contributed by atoms with E-state index in [1.807, 2.05) is 0 Å². The Labute approximate surface area is 113 Å². The Morgan fingerprint density at radius 2 is 2.21 bits per heavy atom. The predicted octanol–water partition coefficient (Wildman–Crippen LogP) is -0.106. The second-order valence-corrected chi connectivity index (χ2v) is 4.45. The van der Waals surface area contributed by atoms with Crippen LogP contribution in [0.4, 0.5) is 4.79 Å². The number of carbonyl (C=O) groups is 1. The molecule has 0 aromatic carbocycles. The summed E-state index contributed by atoms with van der Waals surface area (Å²) in [5.41, 5.74) is 5.74. The van der Waals surface area contributed by atoms with Crippen molar-refractivity contribution in [1.82, 2.24) is 10.2 Å². The summed E-state index contributed by atoms with van der Waals surface area (Å²) in [7, 11) is 0. The summed E-state index contributed by atoms with van der Waals surface area (Å²) in [6.07, 6.45) is 2.03. The maximum absolute atomic E-state index is 11.5. The van der Waals surface area contributed by atoms with E-state index in [4.69, 9.17) is 15.6 Å². The van der Waals surface area contributed by atoms with Crippen LogP contribution in [0, 0.1) is 0 Å². The third kappa shape index (κ3) is 5.78. The van der Waals surface area contributed by atoms with E-state index in [-0.39, 0.29) is 18.7 Å². The van der Waals surface area contributed by atoms with Crippen molar-refractivity contribution in [2.24, 2.45) is 10.7 Å². The molecular formula is C12H24N4O3. The lowest BCUT2D eigenvalue weighted by molar-refractivity contribution is 0.0963. The molecule has 1 rings (SSSR count). The Bertz CT molecular complexity index is 301. The Morgan fingerprint density at radius 3 is 2.79 bits per heavy atom. The number of carbonyl (C=O) groups excluding carboxylic acids is 1. The summed E-state index contributed by atoms with van der Waals surface area (Å²) < 4.78 is 4.96. The minimum atomic E-state index is -0.245. The highest BCUT2D eigenvalue weighted by Crippen LogP contribution is 2.11. The zero-order chi connectivity index (χ0) is 14.1. The van der Waals surface area contributed by atoms with Gasteiger partial charge in [0.05, 0.1) is 6.61 Å². The Kier molecular flexibility index (Phi) is 7.02. The number of piperidine rings is 1. The molecule has 7 heteroatoms. The molecule has 0 unspecified atom stereocenters. The van der Waals surface area contributed by atoms with Crippen LogP contribution in [0.1, 0.15) is 26.2 Å². The average molecular weight is 272 g/mol. The first-order chi connectivity index (χ1) is 9.17. The highest BCUT2D eigenvalue weighted by molar-refractivity contribution is 5.78. The second-order valence-electron chi connectivity index (χ2n) is 4.45. The van der Waals surface area contributed by atoms with Crippen LogP contribution in [0.2, 0.25) is 0 Å². The average Bonchev–Trinajstić information content (AvgIpc) is 2.40. The third-order valence-corrected chi connectivity index (χ3v) is 2.97. The zero-order valence-electron chi connectivity index (χ0n) is 11.5. The van der Waals surface area contributed by atoms with Crippen molar-refractivity contribution in [3.05, 3.63) is 0 Å². The fourth-order valence-corrected chi connectivity index (χ4v) is 1.95. The number of amides is 1. The number of rotatable bonds is 5. The fraction of sp³-hybridized carbons (Fsp3) is 0.833. The van der Waals surface area contributed by atoms with Crippen molar-refractivity contribution >= 4 is 12.1 Å². The molecule has 0 saturated carbocycles. The van der Waals surface area contributed by atoms with Crippen LogP contribution in [-0.2, 0) is 4.74 Å². The van der Waals surface area contributed by atoms with Gasteiger partial charge in [0.2, 0.25) is 0 Å². The topological polar surface area (TPSA) is 100 Å². The highest BCUT2D eigenvalue weighted by atomic mass is 16.6. The molecule has 0 bridgehead atoms. The van der Waals surface area contributed by atoms with E-state index in [1.165, 1.54) is 0 Å². The summed E-state index contributed by atoms with van der Waals surface area (Å²) >= 11 is 0. The SMILES string of the molecule is CCOC(=O)N1CCC(NC(N)=NCCCO)CC1. The molecular weight excluding hydrogens is 248 g/mol. The summed E-state index contributed by atoms with van der Waals surface area (Å²) in [4.78, 5) is 17.3. The Morgan fingerprint density at radius 1 is 1.53 bits per heavy atom. The molecule has 1 saturated heterocycles. The predicted molar refractivity (Wildman–Crippen MR) is 72.9 cm³/mol. The Hall–Kier alpha value is -1.50. The molecule has 4 N–H and O–H groups in total. The van der Waals surface area contributed by atoms with Crippen molar-refractivity contribution in [3.63, 3.8) is 0 Å². The maximum Gasteiger partial charge on any atom is 0.409 e. The van der Waals surface area contributed by atoms with Crippen molar-refractivity contribution in [1.29, 1.82) is 0 Å². The molecule has 19 heavy (non-hydrogen) atoms. The number of nitrogens with one attached hydrogen (secondary N) is 1. The number of likely N-dealkylation sites (tertiary alicyclic amines) is 1. The molecule has 0 spiro atoms. The molecule has 7 nitrogen and oxygen atoms in total. The van der Waals surface area contributed by atoms with Crippen LogP contribution >= 0.6 is 0 Å². The number of hydrogen-bond acceptors (Lipinski definition) is 4. The summed E-state index contributed by atoms with van der Waals surface area (Å²) in [6, 6.07) is 0.239. The van der Waals surface area contributed by atoms with Gasteiger partial charge in [-0.1, -0.05) is 0 Å². The van der Waals surface area contributed by atoms with Gasteiger partial charge < -0.3 is 25.8 Å². The number of aliphatic hydroxyl groups is 1. The molecule has 1 aliphatic heterocycles. The molecule has 110 valence electrons. The van der Waals surface area contributed by atoms with E-state index in [1.54, 1.807) is 11.8 Å². The number of guanidine groups is 1. The van der Waals surface area contributed by atoms with Crippen LogP contribution in [-0.4, -0.2) is 60.9 Å². The first-order valence-electron chi connectivity index (χ1n) is 6.76. The number of nitrogens with two attached hydrogens (primary N) is 1. The van der Waals surface area contributed by atoms with Gasteiger partial charge in [-0.15, -0.1) is 0 Å². The normalized spacial score (nSPS) is 17.4. The van der Waals surface area contributed by atoms with Gasteiger partial charge >= 0.3 is 6.09 Å². The number of ether oxygens (including phenoxy) is 1. The van der Waals surface area contributed by atoms with Gasteiger partial charge in [0, 0.05) is 32.3 Å². The van der Waals surface area contributed by atoms with Crippen molar-refractivity contribution in [2.75, 3.05) is 32.8 Å². The van der Waals surface area contributed by atoms with Crippen molar-refractivity contribution in [2.45, 2.75) is 32.2 Å². The number of aliphatic imine (C=N–C) groups is 1. The van der Waals surface area contributed by atoms with E-state index in [9.17, 15) is 4.79 Å². The minimum absolute atomic E-state index is 0.120. The lowest BCUT2D eigenvalue weighted by atomic mass is 10.1. The maximum atomic E-state index is 11.5.